The maximum Gasteiger partial charge on any atom is 0.188 e. The molecule has 4 atom stereocenters. The number of halogens is 2. The Bertz CT molecular complexity index is 1540. The number of benzene rings is 2. The number of fused-ring (bicyclic) bond motifs is 3. The average Bonchev–Trinajstić information content (AvgIpc) is 2.90. The predicted molar refractivity (Wildman–Crippen MR) is 139 cm³/mol. The molecular weight excluding hydrogens is 558 g/mol. The Labute approximate surface area is 223 Å². The van der Waals surface area contributed by atoms with E-state index in [1.165, 1.54) is 31.2 Å². The van der Waals surface area contributed by atoms with Crippen LogP contribution < -0.4 is 4.74 Å². The van der Waals surface area contributed by atoms with E-state index in [1.807, 2.05) is 0 Å². The number of rotatable bonds is 8. The molecule has 0 spiro atoms. The van der Waals surface area contributed by atoms with Crippen LogP contribution in [0.2, 0.25) is 0 Å². The van der Waals surface area contributed by atoms with Gasteiger partial charge in [0.15, 0.2) is 41.1 Å². The minimum absolute atomic E-state index is 0.0167. The van der Waals surface area contributed by atoms with E-state index < -0.39 is 68.7 Å². The van der Waals surface area contributed by atoms with Gasteiger partial charge in [0, 0.05) is 11.7 Å². The van der Waals surface area contributed by atoms with Gasteiger partial charge in [-0.15, -0.1) is 0 Å². The lowest BCUT2D eigenvalue weighted by atomic mass is 9.66. The van der Waals surface area contributed by atoms with Crippen molar-refractivity contribution in [2.75, 3.05) is 18.1 Å². The molecule has 0 amide bonds. The van der Waals surface area contributed by atoms with E-state index in [9.17, 15) is 29.6 Å². The summed E-state index contributed by atoms with van der Waals surface area (Å²) in [6.07, 6.45) is 0.990. The standard InChI is InChI=1S/C26H32F2O7S3/c1-4-36(29,30)17(3)15-18-7-6-14-26(21(18)16-35-25-23(28)13-12-22(27)24(25)26)38(33,34)20-10-8-19(9-11-20)37(31,32)5-2/h8-13,17-18,21H,4-7,14-16H2,1-3H3/t17?,18-,21-,26-/m0/s1. The SMILES string of the molecule is CCS(=O)(=O)c1ccc(S(=O)(=O)[C@@]23CCC[C@@H](CC(C)S(=O)(=O)CC)[C@@H]2COc2c(F)ccc(F)c23)cc1. The summed E-state index contributed by atoms with van der Waals surface area (Å²) < 4.78 is 113. The van der Waals surface area contributed by atoms with E-state index in [0.29, 0.717) is 12.8 Å². The summed E-state index contributed by atoms with van der Waals surface area (Å²) in [5, 5.41) is -0.756. The first-order chi connectivity index (χ1) is 17.7. The van der Waals surface area contributed by atoms with Gasteiger partial charge < -0.3 is 4.74 Å². The van der Waals surface area contributed by atoms with Crippen molar-refractivity contribution in [2.24, 2.45) is 11.8 Å². The molecular formula is C26H32F2O7S3. The van der Waals surface area contributed by atoms with Crippen LogP contribution in [-0.4, -0.2) is 48.6 Å². The predicted octanol–water partition coefficient (Wildman–Crippen LogP) is 4.45. The molecule has 2 aliphatic rings. The van der Waals surface area contributed by atoms with Gasteiger partial charge in [0.1, 0.15) is 10.6 Å². The maximum absolute atomic E-state index is 15.5. The zero-order valence-corrected chi connectivity index (χ0v) is 23.9. The average molecular weight is 591 g/mol. The molecule has 2 aromatic carbocycles. The summed E-state index contributed by atoms with van der Waals surface area (Å²) >= 11 is 0. The molecule has 0 aromatic heterocycles. The van der Waals surface area contributed by atoms with Crippen LogP contribution in [0, 0.1) is 23.5 Å². The summed E-state index contributed by atoms with van der Waals surface area (Å²) in [5.74, 6) is -3.80. The molecule has 38 heavy (non-hydrogen) atoms. The fourth-order valence-corrected chi connectivity index (χ4v) is 10.5. The Morgan fingerprint density at radius 3 is 2.13 bits per heavy atom. The van der Waals surface area contributed by atoms with Crippen LogP contribution in [-0.2, 0) is 34.3 Å². The normalized spacial score (nSPS) is 24.7. The van der Waals surface area contributed by atoms with Crippen molar-refractivity contribution in [2.45, 2.75) is 66.2 Å². The zero-order chi connectivity index (χ0) is 28.1. The molecule has 1 aliphatic carbocycles. The number of hydrogen-bond acceptors (Lipinski definition) is 7. The minimum Gasteiger partial charge on any atom is -0.490 e. The number of hydrogen-bond donors (Lipinski definition) is 0. The molecule has 0 radical (unpaired) electrons. The largest absolute Gasteiger partial charge is 0.490 e. The van der Waals surface area contributed by atoms with E-state index in [0.717, 1.165) is 12.1 Å². The Balaban J connectivity index is 1.92. The highest BCUT2D eigenvalue weighted by Gasteiger charge is 2.61. The first-order valence-corrected chi connectivity index (χ1v) is 17.5. The Morgan fingerprint density at radius 2 is 1.53 bits per heavy atom. The van der Waals surface area contributed by atoms with Gasteiger partial charge in [-0.3, -0.25) is 0 Å². The van der Waals surface area contributed by atoms with E-state index >= 15 is 4.39 Å². The molecule has 1 aliphatic heterocycles. The third kappa shape index (κ3) is 4.56. The third-order valence-electron chi connectivity index (χ3n) is 8.18. The van der Waals surface area contributed by atoms with E-state index in [2.05, 4.69) is 0 Å². The van der Waals surface area contributed by atoms with Crippen molar-refractivity contribution in [1.82, 2.24) is 0 Å². The molecule has 4 rings (SSSR count). The van der Waals surface area contributed by atoms with Crippen LogP contribution in [0.5, 0.6) is 5.75 Å². The highest BCUT2D eigenvalue weighted by atomic mass is 32.2. The fourth-order valence-electron chi connectivity index (χ4n) is 6.03. The van der Waals surface area contributed by atoms with E-state index in [1.54, 1.807) is 13.8 Å². The van der Waals surface area contributed by atoms with Crippen molar-refractivity contribution < 1.29 is 38.8 Å². The van der Waals surface area contributed by atoms with Gasteiger partial charge in [-0.05, 0) is 68.5 Å². The van der Waals surface area contributed by atoms with Crippen LogP contribution in [0.15, 0.2) is 46.2 Å². The van der Waals surface area contributed by atoms with Gasteiger partial charge >= 0.3 is 0 Å². The van der Waals surface area contributed by atoms with Crippen molar-refractivity contribution in [3.63, 3.8) is 0 Å². The van der Waals surface area contributed by atoms with Crippen molar-refractivity contribution in [3.05, 3.63) is 53.6 Å². The van der Waals surface area contributed by atoms with Crippen molar-refractivity contribution >= 4 is 29.5 Å². The van der Waals surface area contributed by atoms with Gasteiger partial charge in [0.2, 0.25) is 0 Å². The second-order valence-corrected chi connectivity index (χ2v) is 17.3. The van der Waals surface area contributed by atoms with Gasteiger partial charge in [-0.25, -0.2) is 34.0 Å². The molecule has 1 unspecified atom stereocenters. The summed E-state index contributed by atoms with van der Waals surface area (Å²) in [5.41, 5.74) is -0.380. The van der Waals surface area contributed by atoms with Crippen LogP contribution in [0.1, 0.15) is 52.0 Å². The van der Waals surface area contributed by atoms with E-state index in [-0.39, 0.29) is 46.3 Å². The quantitative estimate of drug-likeness (QED) is 0.447. The molecule has 1 saturated carbocycles. The van der Waals surface area contributed by atoms with Gasteiger partial charge in [-0.1, -0.05) is 20.3 Å². The lowest BCUT2D eigenvalue weighted by Gasteiger charge is -2.50. The second-order valence-electron chi connectivity index (χ2n) is 10.1. The molecule has 0 bridgehead atoms. The molecule has 12 heteroatoms. The summed E-state index contributed by atoms with van der Waals surface area (Å²) in [6, 6.07) is 6.54. The fraction of sp³-hybridized carbons (Fsp3) is 0.538. The molecule has 0 saturated heterocycles. The van der Waals surface area contributed by atoms with Crippen LogP contribution in [0.25, 0.3) is 0 Å². The van der Waals surface area contributed by atoms with Gasteiger partial charge in [0.25, 0.3) is 0 Å². The second kappa shape index (κ2) is 10.2. The number of ether oxygens (including phenoxy) is 1. The van der Waals surface area contributed by atoms with Gasteiger partial charge in [0.05, 0.1) is 33.0 Å². The van der Waals surface area contributed by atoms with Crippen LogP contribution in [0.4, 0.5) is 8.78 Å². The lowest BCUT2D eigenvalue weighted by molar-refractivity contribution is 0.0709. The highest BCUT2D eigenvalue weighted by Crippen LogP contribution is 2.58. The lowest BCUT2D eigenvalue weighted by Crippen LogP contribution is -2.54. The van der Waals surface area contributed by atoms with E-state index in [4.69, 9.17) is 4.74 Å². The first-order valence-electron chi connectivity index (χ1n) is 12.6. The third-order valence-corrected chi connectivity index (χ3v) is 14.7. The van der Waals surface area contributed by atoms with Crippen molar-refractivity contribution in [3.8, 4) is 5.75 Å². The van der Waals surface area contributed by atoms with Crippen LogP contribution >= 0.6 is 0 Å². The molecule has 1 fully saturated rings. The molecule has 2 aromatic rings. The molecule has 0 N–H and O–H groups in total. The smallest absolute Gasteiger partial charge is 0.188 e. The summed E-state index contributed by atoms with van der Waals surface area (Å²) in [6.45, 7) is 4.37. The van der Waals surface area contributed by atoms with Crippen molar-refractivity contribution in [1.29, 1.82) is 0 Å². The number of sulfone groups is 3. The molecule has 1 heterocycles. The first kappa shape index (κ1) is 28.9. The topological polar surface area (TPSA) is 112 Å². The Hall–Kier alpha value is -2.05. The van der Waals surface area contributed by atoms with Gasteiger partial charge in [-0.2, -0.15) is 0 Å². The maximum atomic E-state index is 15.5. The zero-order valence-electron chi connectivity index (χ0n) is 21.5. The Morgan fingerprint density at radius 1 is 0.921 bits per heavy atom. The summed E-state index contributed by atoms with van der Waals surface area (Å²) in [7, 11) is -11.5. The van der Waals surface area contributed by atoms with Crippen LogP contribution in [0.3, 0.4) is 0 Å². The Kier molecular flexibility index (Phi) is 7.74. The monoisotopic (exact) mass is 590 g/mol. The highest BCUT2D eigenvalue weighted by molar-refractivity contribution is 7.92. The minimum atomic E-state index is -4.45. The summed E-state index contributed by atoms with van der Waals surface area (Å²) in [4.78, 5) is -0.262. The molecule has 7 nitrogen and oxygen atoms in total. The molecule has 210 valence electrons.